The van der Waals surface area contributed by atoms with Gasteiger partial charge in [0.2, 0.25) is 15.8 Å². The Labute approximate surface area is 170 Å². The number of aromatic nitrogens is 2. The van der Waals surface area contributed by atoms with E-state index in [4.69, 9.17) is 4.52 Å². The first-order chi connectivity index (χ1) is 14.0. The molecule has 1 fully saturated rings. The van der Waals surface area contributed by atoms with Crippen molar-refractivity contribution in [1.29, 1.82) is 0 Å². The van der Waals surface area contributed by atoms with Crippen LogP contribution in [0.3, 0.4) is 0 Å². The Hall–Kier alpha value is -2.77. The second-order valence-corrected chi connectivity index (χ2v) is 9.13. The molecule has 2 heterocycles. The molecular formula is C22H23N3O3S. The molecule has 29 heavy (non-hydrogen) atoms. The molecule has 0 saturated carbocycles. The molecule has 6 nitrogen and oxygen atoms in total. The van der Waals surface area contributed by atoms with Crippen molar-refractivity contribution in [2.75, 3.05) is 13.1 Å². The van der Waals surface area contributed by atoms with Crippen molar-refractivity contribution < 1.29 is 12.9 Å². The summed E-state index contributed by atoms with van der Waals surface area (Å²) in [5.41, 5.74) is 2.96. The number of hydrogen-bond acceptors (Lipinski definition) is 5. The van der Waals surface area contributed by atoms with E-state index in [0.717, 1.165) is 24.8 Å². The van der Waals surface area contributed by atoms with E-state index in [1.807, 2.05) is 37.3 Å². The van der Waals surface area contributed by atoms with Gasteiger partial charge in [-0.15, -0.1) is 0 Å². The molecule has 0 atom stereocenters. The third kappa shape index (κ3) is 4.46. The standard InChI is InChI=1S/C22H23N3O3S/c1-17-5-7-18(8-6-17)9-14-21-23-22(24-28-21)19-10-12-20(13-11-19)29(26,27)25-15-3-2-4-16-25/h5-14H,2-4,15-16H2,1H3/b14-9+. The zero-order chi connectivity index (χ0) is 20.3. The number of sulfonamides is 1. The molecule has 0 bridgehead atoms. The van der Waals surface area contributed by atoms with Gasteiger partial charge in [-0.2, -0.15) is 9.29 Å². The molecule has 1 aromatic heterocycles. The normalized spacial score (nSPS) is 15.8. The Kier molecular flexibility index (Phi) is 5.60. The van der Waals surface area contributed by atoms with Crippen molar-refractivity contribution in [3.8, 4) is 11.4 Å². The molecule has 4 rings (SSSR count). The number of benzene rings is 2. The van der Waals surface area contributed by atoms with Gasteiger partial charge in [0, 0.05) is 24.7 Å². The molecule has 0 amide bonds. The molecule has 150 valence electrons. The Morgan fingerprint density at radius 1 is 0.931 bits per heavy atom. The van der Waals surface area contributed by atoms with Crippen LogP contribution in [0.25, 0.3) is 23.5 Å². The van der Waals surface area contributed by atoms with Crippen molar-refractivity contribution in [3.63, 3.8) is 0 Å². The maximum atomic E-state index is 12.7. The first kappa shape index (κ1) is 19.5. The summed E-state index contributed by atoms with van der Waals surface area (Å²) in [5, 5.41) is 4.00. The highest BCUT2D eigenvalue weighted by atomic mass is 32.2. The fourth-order valence-electron chi connectivity index (χ4n) is 3.30. The van der Waals surface area contributed by atoms with Crippen LogP contribution in [0.4, 0.5) is 0 Å². The number of piperidine rings is 1. The lowest BCUT2D eigenvalue weighted by molar-refractivity contribution is 0.346. The van der Waals surface area contributed by atoms with E-state index in [1.165, 1.54) is 5.56 Å². The van der Waals surface area contributed by atoms with Gasteiger partial charge in [0.05, 0.1) is 4.90 Å². The van der Waals surface area contributed by atoms with Gasteiger partial charge >= 0.3 is 0 Å². The number of aryl methyl sites for hydroxylation is 1. The summed E-state index contributed by atoms with van der Waals surface area (Å²) in [6.07, 6.45) is 6.59. The van der Waals surface area contributed by atoms with Gasteiger partial charge < -0.3 is 4.52 Å². The molecular weight excluding hydrogens is 386 g/mol. The largest absolute Gasteiger partial charge is 0.334 e. The van der Waals surface area contributed by atoms with Crippen LogP contribution in [-0.4, -0.2) is 36.0 Å². The van der Waals surface area contributed by atoms with Crippen molar-refractivity contribution in [3.05, 3.63) is 65.5 Å². The zero-order valence-electron chi connectivity index (χ0n) is 16.3. The zero-order valence-corrected chi connectivity index (χ0v) is 17.1. The van der Waals surface area contributed by atoms with E-state index < -0.39 is 10.0 Å². The van der Waals surface area contributed by atoms with Crippen LogP contribution >= 0.6 is 0 Å². The van der Waals surface area contributed by atoms with E-state index in [-0.39, 0.29) is 0 Å². The smallest absolute Gasteiger partial charge is 0.250 e. The first-order valence-electron chi connectivity index (χ1n) is 9.71. The van der Waals surface area contributed by atoms with Crippen LogP contribution < -0.4 is 0 Å². The van der Waals surface area contributed by atoms with Crippen molar-refractivity contribution in [2.24, 2.45) is 0 Å². The molecule has 0 spiro atoms. The van der Waals surface area contributed by atoms with Crippen LogP contribution in [0.15, 0.2) is 57.9 Å². The van der Waals surface area contributed by atoms with E-state index in [9.17, 15) is 8.42 Å². The van der Waals surface area contributed by atoms with Gasteiger partial charge in [-0.05, 0) is 55.7 Å². The Bertz CT molecular complexity index is 1090. The summed E-state index contributed by atoms with van der Waals surface area (Å²) in [4.78, 5) is 4.67. The summed E-state index contributed by atoms with van der Waals surface area (Å²) < 4.78 is 32.3. The first-order valence-corrected chi connectivity index (χ1v) is 11.2. The molecule has 0 radical (unpaired) electrons. The predicted molar refractivity (Wildman–Crippen MR) is 112 cm³/mol. The lowest BCUT2D eigenvalue weighted by atomic mass is 10.1. The monoisotopic (exact) mass is 409 g/mol. The van der Waals surface area contributed by atoms with Crippen LogP contribution in [0.2, 0.25) is 0 Å². The van der Waals surface area contributed by atoms with Gasteiger partial charge in [0.25, 0.3) is 5.89 Å². The molecule has 2 aromatic carbocycles. The van der Waals surface area contributed by atoms with Crippen molar-refractivity contribution >= 4 is 22.2 Å². The summed E-state index contributed by atoms with van der Waals surface area (Å²) in [7, 11) is -3.44. The third-order valence-electron chi connectivity index (χ3n) is 5.00. The minimum absolute atomic E-state index is 0.297. The molecule has 7 heteroatoms. The number of nitrogens with zero attached hydrogens (tertiary/aromatic N) is 3. The predicted octanol–water partition coefficient (Wildman–Crippen LogP) is 4.39. The minimum Gasteiger partial charge on any atom is -0.334 e. The number of rotatable bonds is 5. The van der Waals surface area contributed by atoms with Gasteiger partial charge in [-0.1, -0.05) is 41.4 Å². The van der Waals surface area contributed by atoms with Gasteiger partial charge in [0.1, 0.15) is 0 Å². The summed E-state index contributed by atoms with van der Waals surface area (Å²) >= 11 is 0. The van der Waals surface area contributed by atoms with Crippen LogP contribution in [0.1, 0.15) is 36.3 Å². The highest BCUT2D eigenvalue weighted by Gasteiger charge is 2.25. The highest BCUT2D eigenvalue weighted by Crippen LogP contribution is 2.23. The third-order valence-corrected chi connectivity index (χ3v) is 6.92. The molecule has 0 unspecified atom stereocenters. The van der Waals surface area contributed by atoms with Crippen LogP contribution in [0.5, 0.6) is 0 Å². The summed E-state index contributed by atoms with van der Waals surface area (Å²) in [6, 6.07) is 14.8. The fraction of sp³-hybridized carbons (Fsp3) is 0.273. The Balaban J connectivity index is 1.49. The lowest BCUT2D eigenvalue weighted by Gasteiger charge is -2.25. The average Bonchev–Trinajstić information content (AvgIpc) is 3.23. The molecule has 1 saturated heterocycles. The molecule has 0 N–H and O–H groups in total. The maximum Gasteiger partial charge on any atom is 0.250 e. The van der Waals surface area contributed by atoms with Gasteiger partial charge in [0.15, 0.2) is 0 Å². The summed E-state index contributed by atoms with van der Waals surface area (Å²) in [6.45, 7) is 3.22. The molecule has 1 aliphatic rings. The van der Waals surface area contributed by atoms with Gasteiger partial charge in [-0.3, -0.25) is 0 Å². The van der Waals surface area contributed by atoms with Crippen LogP contribution in [-0.2, 0) is 10.0 Å². The Morgan fingerprint density at radius 3 is 2.31 bits per heavy atom. The van der Waals surface area contributed by atoms with Crippen molar-refractivity contribution in [1.82, 2.24) is 14.4 Å². The topological polar surface area (TPSA) is 76.3 Å². The molecule has 3 aromatic rings. The molecule has 1 aliphatic heterocycles. The van der Waals surface area contributed by atoms with E-state index >= 15 is 0 Å². The summed E-state index contributed by atoms with van der Waals surface area (Å²) in [5.74, 6) is 0.820. The van der Waals surface area contributed by atoms with Gasteiger partial charge in [-0.25, -0.2) is 8.42 Å². The van der Waals surface area contributed by atoms with E-state index in [1.54, 1.807) is 34.6 Å². The van der Waals surface area contributed by atoms with Crippen molar-refractivity contribution in [2.45, 2.75) is 31.1 Å². The fourth-order valence-corrected chi connectivity index (χ4v) is 4.81. The quantitative estimate of drug-likeness (QED) is 0.625. The SMILES string of the molecule is Cc1ccc(/C=C/c2nc(-c3ccc(S(=O)(=O)N4CCCCC4)cc3)no2)cc1. The Morgan fingerprint density at radius 2 is 1.62 bits per heavy atom. The highest BCUT2D eigenvalue weighted by molar-refractivity contribution is 7.89. The lowest BCUT2D eigenvalue weighted by Crippen LogP contribution is -2.35. The average molecular weight is 410 g/mol. The maximum absolute atomic E-state index is 12.7. The van der Waals surface area contributed by atoms with Crippen LogP contribution in [0, 0.1) is 6.92 Å². The second-order valence-electron chi connectivity index (χ2n) is 7.19. The minimum atomic E-state index is -3.44. The number of hydrogen-bond donors (Lipinski definition) is 0. The van der Waals surface area contributed by atoms with E-state index in [2.05, 4.69) is 10.1 Å². The second kappa shape index (κ2) is 8.31. The van der Waals surface area contributed by atoms with E-state index in [0.29, 0.717) is 35.3 Å². The molecule has 0 aliphatic carbocycles.